The quantitative estimate of drug-likeness (QED) is 0.0174. The summed E-state index contributed by atoms with van der Waals surface area (Å²) in [6, 6.07) is 59.8. The predicted molar refractivity (Wildman–Crippen MR) is 523 cm³/mol. The standard InChI is InChI=1S/C26H36N2O5S.C26H36N2O4S.C25H34N2O5S.C25H34N2O4S/c1-16-8-9-24-20(12-16)28(19-6-4-5-7-23(19)34-24)14-18(30)13-27(3)11-10-21-25(31)17(2)26(32)22(15-29)33-21;1-17-9-10-24-20(15-17)28(19-7-4-5-8-23(19)33-24)13-6-12-27(3)14-11-21-25(30)18(2)26(31)22(16-29)32-21;1-15-7-8-23-19(11-15)27(18-5-3-4-6-22(18)33-23)13-17(29)12-26-10-9-20-24(30)16(2)25(31)21(14-28)32-20;1-16-8-9-23-19(14-16)27(18-6-3-4-7-22(18)32-23)13-5-11-26-12-10-20-24(29)17(2)25(30)21(15-28)31-20/h4-9,12,17-18,21-22,25-26,29-32H,10-11,13-15H2,1-3H3;4-5,7-10,15,18,21-22,25-26,29-31H,6,11-14,16H2,1-3H3;3-8,11,16-17,20-21,24-26,28-31H,9-10,12-14H2,1-2H3;3-4,6-9,14,17,20-21,24-26,28-30H,5,10-13,15H2,1-2H3/t17-,18?,21-,22-,25-,26+;18-,21-,22-,25-,26+;16-,17?,20-,21-,24-,25+;17-,20-,21-,24-,25+/m1111/s1. The summed E-state index contributed by atoms with van der Waals surface area (Å²) in [5.41, 5.74) is 14.4. The first-order valence-electron chi connectivity index (χ1n) is 46.8. The van der Waals surface area contributed by atoms with Crippen molar-refractivity contribution in [2.24, 2.45) is 23.7 Å². The molecule has 30 heteroatoms. The Balaban J connectivity index is 0.000000150. The second kappa shape index (κ2) is 48.7. The topological polar surface area (TPSA) is 364 Å². The molecule has 8 aliphatic heterocycles. The van der Waals surface area contributed by atoms with Crippen LogP contribution in [0.3, 0.4) is 0 Å². The molecule has 26 nitrogen and oxygen atoms in total. The number of β-amino-alcohol motifs (C(OH)–C–C–N with tert-alkyl or cyclic N) is 2. The van der Waals surface area contributed by atoms with Crippen molar-refractivity contribution in [2.75, 3.05) is 139 Å². The Labute approximate surface area is 795 Å². The van der Waals surface area contributed by atoms with Crippen LogP contribution >= 0.6 is 47.0 Å². The van der Waals surface area contributed by atoms with Crippen molar-refractivity contribution in [1.82, 2.24) is 20.4 Å². The third-order valence-corrected chi connectivity index (χ3v) is 31.3. The number of benzene rings is 8. The first kappa shape index (κ1) is 103. The number of fused-ring (bicyclic) bond motifs is 8. The molecule has 8 aromatic rings. The lowest BCUT2D eigenvalue weighted by Gasteiger charge is -2.41. The van der Waals surface area contributed by atoms with E-state index in [0.717, 1.165) is 68.3 Å². The number of aliphatic hydroxyl groups is 14. The Morgan fingerprint density at radius 2 is 0.598 bits per heavy atom. The van der Waals surface area contributed by atoms with Gasteiger partial charge < -0.3 is 130 Å². The van der Waals surface area contributed by atoms with Gasteiger partial charge in [-0.3, -0.25) is 0 Å². The molecule has 4 fully saturated rings. The van der Waals surface area contributed by atoms with Gasteiger partial charge in [-0.2, -0.15) is 0 Å². The zero-order valence-electron chi connectivity index (χ0n) is 77.6. The minimum Gasteiger partial charge on any atom is -0.394 e. The second-order valence-electron chi connectivity index (χ2n) is 36.8. The number of aryl methyl sites for hydroxylation is 4. The maximum absolute atomic E-state index is 11.0. The molecular formula is C102H140N8O18S4. The Bertz CT molecular complexity index is 4970. The molecule has 0 saturated carbocycles. The lowest BCUT2D eigenvalue weighted by Crippen LogP contribution is -2.54. The number of hydrogen-bond donors (Lipinski definition) is 16. The summed E-state index contributed by atoms with van der Waals surface area (Å²) in [5, 5.41) is 149. The average Bonchev–Trinajstić information content (AvgIpc) is 0.775. The summed E-state index contributed by atoms with van der Waals surface area (Å²) in [5.74, 6) is -1.36. The van der Waals surface area contributed by atoms with E-state index in [2.05, 4.69) is 215 Å². The highest BCUT2D eigenvalue weighted by Crippen LogP contribution is 2.53. The highest BCUT2D eigenvalue weighted by molar-refractivity contribution is 8.00. The van der Waals surface area contributed by atoms with Crippen molar-refractivity contribution in [2.45, 2.75) is 243 Å². The van der Waals surface area contributed by atoms with Crippen LogP contribution in [0.5, 0.6) is 0 Å². The van der Waals surface area contributed by atoms with E-state index in [4.69, 9.17) is 18.9 Å². The van der Waals surface area contributed by atoms with E-state index in [-0.39, 0.29) is 62.3 Å². The zero-order chi connectivity index (χ0) is 94.1. The van der Waals surface area contributed by atoms with Gasteiger partial charge in [0.15, 0.2) is 0 Å². The summed E-state index contributed by atoms with van der Waals surface area (Å²) in [6.45, 7) is 22.6. The highest BCUT2D eigenvalue weighted by Gasteiger charge is 2.46. The molecule has 0 aliphatic carbocycles. The van der Waals surface area contributed by atoms with E-state index in [0.29, 0.717) is 71.5 Å². The number of hydrogen-bond acceptors (Lipinski definition) is 30. The molecule has 8 aliphatic rings. The van der Waals surface area contributed by atoms with E-state index in [9.17, 15) is 71.5 Å². The van der Waals surface area contributed by atoms with Crippen molar-refractivity contribution in [1.29, 1.82) is 0 Å². The average molecular weight is 1890 g/mol. The van der Waals surface area contributed by atoms with Gasteiger partial charge in [-0.1, -0.05) is 148 Å². The first-order chi connectivity index (χ1) is 63.5. The molecule has 2 unspecified atom stereocenters. The van der Waals surface area contributed by atoms with E-state index in [1.165, 1.54) is 84.2 Å². The van der Waals surface area contributed by atoms with Crippen LogP contribution in [0.4, 0.5) is 45.5 Å². The van der Waals surface area contributed by atoms with Gasteiger partial charge in [0, 0.05) is 102 Å². The van der Waals surface area contributed by atoms with Gasteiger partial charge in [0.1, 0.15) is 24.4 Å². The van der Waals surface area contributed by atoms with E-state index >= 15 is 0 Å². The predicted octanol–water partition coefficient (Wildman–Crippen LogP) is 11.0. The van der Waals surface area contributed by atoms with Gasteiger partial charge in [-0.25, -0.2) is 0 Å². The van der Waals surface area contributed by atoms with Crippen molar-refractivity contribution in [3.8, 4) is 0 Å². The van der Waals surface area contributed by atoms with Gasteiger partial charge >= 0.3 is 0 Å². The highest BCUT2D eigenvalue weighted by atomic mass is 32.2. The molecule has 16 rings (SSSR count). The molecule has 8 heterocycles. The van der Waals surface area contributed by atoms with Gasteiger partial charge in [-0.05, 0) is 226 Å². The Morgan fingerprint density at radius 1 is 0.318 bits per heavy atom. The van der Waals surface area contributed by atoms with Crippen molar-refractivity contribution in [3.63, 3.8) is 0 Å². The summed E-state index contributed by atoms with van der Waals surface area (Å²) in [7, 11) is 4.04. The number of nitrogens with one attached hydrogen (secondary N) is 2. The fraction of sp³-hybridized carbons (Fsp3) is 0.529. The lowest BCUT2D eigenvalue weighted by atomic mass is 9.86. The van der Waals surface area contributed by atoms with Gasteiger partial charge in [0.25, 0.3) is 0 Å². The summed E-state index contributed by atoms with van der Waals surface area (Å²) in [6.07, 6.45) is -7.59. The minimum atomic E-state index is -0.882. The summed E-state index contributed by atoms with van der Waals surface area (Å²) < 4.78 is 22.9. The van der Waals surface area contributed by atoms with Crippen LogP contribution in [0.15, 0.2) is 209 Å². The van der Waals surface area contributed by atoms with Crippen LogP contribution in [0.1, 0.15) is 88.5 Å². The number of anilines is 8. The molecule has 0 radical (unpaired) electrons. The maximum Gasteiger partial charge on any atom is 0.107 e. The largest absolute Gasteiger partial charge is 0.394 e. The fourth-order valence-corrected chi connectivity index (χ4v) is 23.1. The van der Waals surface area contributed by atoms with Crippen molar-refractivity contribution < 1.29 is 90.4 Å². The van der Waals surface area contributed by atoms with E-state index in [1.54, 1.807) is 44.3 Å². The first-order valence-corrected chi connectivity index (χ1v) is 50.1. The molecule has 132 heavy (non-hydrogen) atoms. The second-order valence-corrected chi connectivity index (χ2v) is 41.2. The smallest absolute Gasteiger partial charge is 0.107 e. The number of para-hydroxylation sites is 4. The van der Waals surface area contributed by atoms with Gasteiger partial charge in [-0.15, -0.1) is 0 Å². The molecule has 0 spiro atoms. The molecule has 4 saturated heterocycles. The van der Waals surface area contributed by atoms with Crippen LogP contribution in [0.25, 0.3) is 0 Å². The number of aliphatic hydroxyl groups excluding tert-OH is 14. The summed E-state index contributed by atoms with van der Waals surface area (Å²) in [4.78, 5) is 23.4. The van der Waals surface area contributed by atoms with E-state index in [1.807, 2.05) is 66.7 Å². The van der Waals surface area contributed by atoms with Gasteiger partial charge in [0.2, 0.25) is 0 Å². The zero-order valence-corrected chi connectivity index (χ0v) is 80.9. The van der Waals surface area contributed by atoms with Crippen molar-refractivity contribution >= 4 is 92.5 Å². The number of rotatable bonds is 32. The molecule has 0 aromatic heterocycles. The molecule has 0 bridgehead atoms. The minimum absolute atomic E-state index is 0.235. The normalized spacial score (nSPS) is 27.3. The Morgan fingerprint density at radius 3 is 0.947 bits per heavy atom. The summed E-state index contributed by atoms with van der Waals surface area (Å²) >= 11 is 7.17. The van der Waals surface area contributed by atoms with Gasteiger partial charge in [0.05, 0.1) is 170 Å². The molecule has 16 N–H and O–H groups in total. The third kappa shape index (κ3) is 25.5. The number of likely N-dealkylation sites (N-methyl/N-ethyl adjacent to an activating group) is 1. The van der Waals surface area contributed by atoms with Crippen LogP contribution in [0.2, 0.25) is 0 Å². The molecule has 8 aromatic carbocycles. The number of ether oxygens (including phenoxy) is 4. The SMILES string of the molecule is Cc1ccc2c(c1)N(CC(O)CN(C)CC[C@H]1O[C@H](CO)[C@@H](O)[C@H](C)[C@H]1O)c1ccccc1S2.Cc1ccc2c(c1)N(CC(O)CNCC[C@H]1O[C@H](CO)[C@@H](O)[C@H](C)[C@H]1O)c1ccccc1S2.Cc1ccc2c(c1)N(CCCN(C)CC[C@H]1O[C@H](CO)[C@@H](O)[C@H](C)[C@H]1O)c1ccccc1S2.Cc1ccc2c(c1)N(CCCNCC[C@H]1O[C@H](CO)[C@@H](O)[C@H](C)[C@H]1O)c1ccccc1S2. The van der Waals surface area contributed by atoms with Crippen LogP contribution in [-0.2, 0) is 18.9 Å². The Kier molecular flexibility index (Phi) is 37.9. The fourth-order valence-electron chi connectivity index (χ4n) is 18.8. The molecular weight excluding hydrogens is 1750 g/mol. The Hall–Kier alpha value is -6.52. The lowest BCUT2D eigenvalue weighted by molar-refractivity contribution is -0.207. The van der Waals surface area contributed by atoms with E-state index < -0.39 is 97.7 Å². The monoisotopic (exact) mass is 1890 g/mol. The molecule has 0 amide bonds. The van der Waals surface area contributed by atoms with Crippen molar-refractivity contribution in [3.05, 3.63) is 192 Å². The maximum atomic E-state index is 11.0. The van der Waals surface area contributed by atoms with Crippen LogP contribution in [0, 0.1) is 51.4 Å². The number of nitrogens with zero attached hydrogens (tertiary/aromatic N) is 6. The van der Waals surface area contributed by atoms with Crippen LogP contribution in [-0.4, -0.2) is 310 Å². The third-order valence-electron chi connectivity index (χ3n) is 26.7. The van der Waals surface area contributed by atoms with Crippen LogP contribution < -0.4 is 30.2 Å². The molecule has 22 atom stereocenters. The molecule has 720 valence electrons.